The molecule has 0 bridgehead atoms. The van der Waals surface area contributed by atoms with E-state index in [1.807, 2.05) is 13.0 Å². The van der Waals surface area contributed by atoms with Crippen LogP contribution in [0.15, 0.2) is 60.7 Å². The number of nitrogens with one attached hydrogen (secondary N) is 4. The molecule has 4 N–H and O–H groups in total. The zero-order valence-electron chi connectivity index (χ0n) is 39.1. The molecule has 1 saturated heterocycles. The first-order valence-corrected chi connectivity index (χ1v) is 23.2. The van der Waals surface area contributed by atoms with E-state index in [-0.39, 0.29) is 81.9 Å². The highest BCUT2D eigenvalue weighted by Gasteiger charge is 2.41. The number of alkyl halides is 1. The van der Waals surface area contributed by atoms with Crippen molar-refractivity contribution in [3.05, 3.63) is 94.0 Å². The molecule has 0 unspecified atom stereocenters. The van der Waals surface area contributed by atoms with Gasteiger partial charge in [0, 0.05) is 48.4 Å². The molecule has 2 atom stereocenters. The molecule has 16 heteroatoms. The molecule has 1 heterocycles. The van der Waals surface area contributed by atoms with Crippen LogP contribution >= 0.6 is 11.6 Å². The zero-order chi connectivity index (χ0) is 48.2. The van der Waals surface area contributed by atoms with Crippen LogP contribution in [0.1, 0.15) is 110 Å². The van der Waals surface area contributed by atoms with E-state index in [0.717, 1.165) is 23.1 Å². The number of ether oxygens (including phenoxy) is 3. The number of piperidine rings is 1. The summed E-state index contributed by atoms with van der Waals surface area (Å²) in [5.41, 5.74) is 5.36. The van der Waals surface area contributed by atoms with Crippen molar-refractivity contribution >= 4 is 64.3 Å². The standard InChI is InChI=1S/C50H66ClN5O10/c1-7-50(5,6)46(60)48(62)56-22-9-8-13-41(56)49(63)66-42(17-16-36-15-14-34(3)35(4)29-36)37-11-10-12-39(30-37)54-44(58)19-23-64-25-26-65-24-21-52-43(57)18-20-53-47(61)38-27-33(2)28-40(31-38)55-45(59)32-51/h10-12,14-15,27-31,41-42H,7-9,13,16-26,32H2,1-6H3,(H,52,57)(H,53,61)(H,54,58)(H,55,59)/t41-,42+/m0/s1. The van der Waals surface area contributed by atoms with Gasteiger partial charge in [-0.1, -0.05) is 51.1 Å². The molecule has 0 spiro atoms. The third kappa shape index (κ3) is 17.0. The third-order valence-electron chi connectivity index (χ3n) is 11.6. The van der Waals surface area contributed by atoms with Crippen LogP contribution in [0.25, 0.3) is 0 Å². The number of esters is 1. The minimum Gasteiger partial charge on any atom is -0.456 e. The number of aryl methyl sites for hydroxylation is 4. The first kappa shape index (κ1) is 53.0. The number of rotatable bonds is 25. The van der Waals surface area contributed by atoms with Gasteiger partial charge in [-0.25, -0.2) is 4.79 Å². The van der Waals surface area contributed by atoms with E-state index in [1.54, 1.807) is 51.1 Å². The summed E-state index contributed by atoms with van der Waals surface area (Å²) in [5.74, 6) is -3.22. The lowest BCUT2D eigenvalue weighted by atomic mass is 9.84. The predicted molar refractivity (Wildman–Crippen MR) is 253 cm³/mol. The Morgan fingerprint density at radius 1 is 0.773 bits per heavy atom. The van der Waals surface area contributed by atoms with E-state index in [0.29, 0.717) is 61.2 Å². The minimum absolute atomic E-state index is 0.0647. The fourth-order valence-corrected chi connectivity index (χ4v) is 7.29. The number of carbonyl (C=O) groups excluding carboxylic acids is 7. The lowest BCUT2D eigenvalue weighted by Gasteiger charge is -2.36. The van der Waals surface area contributed by atoms with E-state index in [2.05, 4.69) is 53.3 Å². The topological polar surface area (TPSA) is 199 Å². The van der Waals surface area contributed by atoms with Crippen molar-refractivity contribution < 1.29 is 47.8 Å². The largest absolute Gasteiger partial charge is 0.456 e. The lowest BCUT2D eigenvalue weighted by molar-refractivity contribution is -0.164. The van der Waals surface area contributed by atoms with Gasteiger partial charge >= 0.3 is 5.97 Å². The Hall–Kier alpha value is -5.64. The van der Waals surface area contributed by atoms with E-state index < -0.39 is 35.2 Å². The molecule has 0 radical (unpaired) electrons. The highest BCUT2D eigenvalue weighted by atomic mass is 35.5. The lowest BCUT2D eigenvalue weighted by Crippen LogP contribution is -2.53. The van der Waals surface area contributed by atoms with Crippen molar-refractivity contribution in [1.82, 2.24) is 15.5 Å². The summed E-state index contributed by atoms with van der Waals surface area (Å²) in [6, 6.07) is 17.5. The molecule has 0 saturated carbocycles. The van der Waals surface area contributed by atoms with E-state index in [1.165, 1.54) is 16.5 Å². The second kappa shape index (κ2) is 26.5. The number of likely N-dealkylation sites (tertiary alicyclic amines) is 1. The van der Waals surface area contributed by atoms with Crippen molar-refractivity contribution in [2.75, 3.05) is 62.6 Å². The Morgan fingerprint density at radius 2 is 1.52 bits per heavy atom. The molecular formula is C50H66ClN5O10. The SMILES string of the molecule is CCC(C)(C)C(=O)C(=O)N1CCCC[C@H]1C(=O)O[C@H](CCc1ccc(C)c(C)c1)c1cccc(NC(=O)CCOCCOCCNC(=O)CCNC(=O)c2cc(C)cc(NC(=O)CCl)c2)c1. The third-order valence-corrected chi connectivity index (χ3v) is 11.8. The second-order valence-electron chi connectivity index (χ2n) is 17.2. The number of nitrogens with zero attached hydrogens (tertiary/aromatic N) is 1. The van der Waals surface area contributed by atoms with Crippen LogP contribution in [0.3, 0.4) is 0 Å². The molecule has 3 aromatic rings. The highest BCUT2D eigenvalue weighted by molar-refractivity contribution is 6.38. The van der Waals surface area contributed by atoms with Crippen LogP contribution in [0.2, 0.25) is 0 Å². The molecule has 358 valence electrons. The number of carbonyl (C=O) groups is 7. The number of ketones is 1. The van der Waals surface area contributed by atoms with Crippen LogP contribution < -0.4 is 21.3 Å². The Bertz CT molecular complexity index is 2180. The number of amides is 5. The van der Waals surface area contributed by atoms with Gasteiger partial charge in [-0.05, 0) is 117 Å². The van der Waals surface area contributed by atoms with E-state index >= 15 is 0 Å². The van der Waals surface area contributed by atoms with Gasteiger partial charge in [0.2, 0.25) is 23.5 Å². The van der Waals surface area contributed by atoms with Crippen LogP contribution in [-0.4, -0.2) is 104 Å². The molecule has 5 amide bonds. The molecule has 1 fully saturated rings. The normalized spacial score (nSPS) is 14.2. The van der Waals surface area contributed by atoms with Crippen LogP contribution in [0.4, 0.5) is 11.4 Å². The number of benzene rings is 3. The number of hydrogen-bond acceptors (Lipinski definition) is 10. The first-order chi connectivity index (χ1) is 31.5. The monoisotopic (exact) mass is 931 g/mol. The highest BCUT2D eigenvalue weighted by Crippen LogP contribution is 2.30. The van der Waals surface area contributed by atoms with Gasteiger partial charge in [-0.15, -0.1) is 11.6 Å². The Kier molecular flexibility index (Phi) is 21.3. The maximum Gasteiger partial charge on any atom is 0.329 e. The fourth-order valence-electron chi connectivity index (χ4n) is 7.22. The van der Waals surface area contributed by atoms with Crippen LogP contribution in [0.5, 0.6) is 0 Å². The number of Topliss-reactive ketones (excluding diaryl/α,β-unsaturated/α-hetero) is 1. The molecule has 4 rings (SSSR count). The summed E-state index contributed by atoms with van der Waals surface area (Å²) >= 11 is 5.55. The van der Waals surface area contributed by atoms with Gasteiger partial charge in [-0.3, -0.25) is 28.8 Å². The van der Waals surface area contributed by atoms with Gasteiger partial charge in [0.05, 0.1) is 32.8 Å². The number of hydrogen-bond donors (Lipinski definition) is 4. The maximum absolute atomic E-state index is 14.0. The summed E-state index contributed by atoms with van der Waals surface area (Å²) in [6.07, 6.45) is 2.83. The molecule has 3 aromatic carbocycles. The Labute approximate surface area is 393 Å². The fraction of sp³-hybridized carbons (Fsp3) is 0.500. The molecule has 1 aliphatic rings. The molecule has 66 heavy (non-hydrogen) atoms. The van der Waals surface area contributed by atoms with E-state index in [4.69, 9.17) is 25.8 Å². The molecule has 0 aromatic heterocycles. The van der Waals surface area contributed by atoms with Crippen molar-refractivity contribution in [3.8, 4) is 0 Å². The van der Waals surface area contributed by atoms with Crippen molar-refractivity contribution in [1.29, 1.82) is 0 Å². The van der Waals surface area contributed by atoms with Crippen molar-refractivity contribution in [3.63, 3.8) is 0 Å². The summed E-state index contributed by atoms with van der Waals surface area (Å²) in [6.45, 7) is 12.8. The molecule has 0 aliphatic carbocycles. The molecule has 15 nitrogen and oxygen atoms in total. The van der Waals surface area contributed by atoms with Gasteiger partial charge in [-0.2, -0.15) is 0 Å². The van der Waals surface area contributed by atoms with Gasteiger partial charge in [0.1, 0.15) is 18.0 Å². The van der Waals surface area contributed by atoms with E-state index in [9.17, 15) is 33.6 Å². The van der Waals surface area contributed by atoms with Crippen LogP contribution in [0, 0.1) is 26.2 Å². The molecular weight excluding hydrogens is 866 g/mol. The van der Waals surface area contributed by atoms with Crippen molar-refractivity contribution in [2.24, 2.45) is 5.41 Å². The van der Waals surface area contributed by atoms with Crippen LogP contribution in [-0.2, 0) is 49.4 Å². The summed E-state index contributed by atoms with van der Waals surface area (Å²) in [5, 5.41) is 11.0. The maximum atomic E-state index is 14.0. The van der Waals surface area contributed by atoms with Gasteiger partial charge in [0.25, 0.3) is 11.8 Å². The Balaban J connectivity index is 1.20. The summed E-state index contributed by atoms with van der Waals surface area (Å²) in [7, 11) is 0. The summed E-state index contributed by atoms with van der Waals surface area (Å²) in [4.78, 5) is 91.4. The Morgan fingerprint density at radius 3 is 2.24 bits per heavy atom. The average Bonchev–Trinajstić information content (AvgIpc) is 3.30. The number of anilines is 2. The minimum atomic E-state index is -0.875. The average molecular weight is 933 g/mol. The zero-order valence-corrected chi connectivity index (χ0v) is 39.9. The van der Waals surface area contributed by atoms with Gasteiger partial charge < -0.3 is 40.4 Å². The predicted octanol–water partition coefficient (Wildman–Crippen LogP) is 6.69. The second-order valence-corrected chi connectivity index (χ2v) is 17.5. The number of halogens is 1. The molecule has 1 aliphatic heterocycles. The summed E-state index contributed by atoms with van der Waals surface area (Å²) < 4.78 is 17.4. The smallest absolute Gasteiger partial charge is 0.329 e. The first-order valence-electron chi connectivity index (χ1n) is 22.7. The quantitative estimate of drug-likeness (QED) is 0.0307. The van der Waals surface area contributed by atoms with Crippen molar-refractivity contribution in [2.45, 2.75) is 105 Å². The van der Waals surface area contributed by atoms with Gasteiger partial charge in [0.15, 0.2) is 0 Å².